The van der Waals surface area contributed by atoms with Gasteiger partial charge in [0, 0.05) is 24.2 Å². The standard InChI is InChI=1S/C22H29NO/c1-4-21(2)19-11-12-22(3)17(15-6-5-13-23-14-15)8-9-18(22)16(19)7-10-20(21)24/h5-6,8,13-14,16,18-19H,4,7,9-12H2,1-3H3/t16-,18-,19-,21+,22+/m0/s1. The summed E-state index contributed by atoms with van der Waals surface area (Å²) in [5, 5.41) is 0. The van der Waals surface area contributed by atoms with E-state index in [0.29, 0.717) is 23.5 Å². The molecular formula is C22H29NO. The Morgan fingerprint density at radius 3 is 2.79 bits per heavy atom. The van der Waals surface area contributed by atoms with Crippen molar-refractivity contribution >= 4 is 11.4 Å². The van der Waals surface area contributed by atoms with Crippen LogP contribution in [-0.4, -0.2) is 10.8 Å². The maximum absolute atomic E-state index is 12.6. The minimum Gasteiger partial charge on any atom is -0.299 e. The van der Waals surface area contributed by atoms with Crippen molar-refractivity contribution in [3.05, 3.63) is 36.2 Å². The molecule has 0 radical (unpaired) electrons. The van der Waals surface area contributed by atoms with Gasteiger partial charge >= 0.3 is 0 Å². The van der Waals surface area contributed by atoms with E-state index in [-0.39, 0.29) is 10.8 Å². The number of aromatic nitrogens is 1. The Labute approximate surface area is 145 Å². The van der Waals surface area contributed by atoms with Gasteiger partial charge in [-0.25, -0.2) is 0 Å². The van der Waals surface area contributed by atoms with Gasteiger partial charge in [0.05, 0.1) is 0 Å². The van der Waals surface area contributed by atoms with Crippen molar-refractivity contribution in [2.75, 3.05) is 0 Å². The predicted octanol–water partition coefficient (Wildman–Crippen LogP) is 5.30. The molecule has 3 aliphatic rings. The third kappa shape index (κ3) is 2.08. The highest BCUT2D eigenvalue weighted by Gasteiger charge is 2.57. The first-order chi connectivity index (χ1) is 11.5. The number of fused-ring (bicyclic) bond motifs is 3. The molecule has 0 N–H and O–H groups in total. The number of pyridine rings is 1. The molecule has 1 aromatic rings. The lowest BCUT2D eigenvalue weighted by molar-refractivity contribution is -0.143. The smallest absolute Gasteiger partial charge is 0.139 e. The first-order valence-electron chi connectivity index (χ1n) is 9.65. The van der Waals surface area contributed by atoms with Crippen LogP contribution in [0.15, 0.2) is 30.6 Å². The number of ketones is 1. The van der Waals surface area contributed by atoms with Crippen molar-refractivity contribution < 1.29 is 4.79 Å². The summed E-state index contributed by atoms with van der Waals surface area (Å²) in [6.45, 7) is 6.93. The van der Waals surface area contributed by atoms with Crippen LogP contribution >= 0.6 is 0 Å². The van der Waals surface area contributed by atoms with Crippen LogP contribution in [-0.2, 0) is 4.79 Å². The van der Waals surface area contributed by atoms with Crippen molar-refractivity contribution in [3.8, 4) is 0 Å². The number of hydrogen-bond acceptors (Lipinski definition) is 2. The van der Waals surface area contributed by atoms with Crippen molar-refractivity contribution in [1.29, 1.82) is 0 Å². The van der Waals surface area contributed by atoms with Crippen molar-refractivity contribution in [3.63, 3.8) is 0 Å². The van der Waals surface area contributed by atoms with Crippen LogP contribution in [0.25, 0.3) is 5.57 Å². The fraction of sp³-hybridized carbons (Fsp3) is 0.636. The summed E-state index contributed by atoms with van der Waals surface area (Å²) < 4.78 is 0. The molecule has 0 spiro atoms. The number of carbonyl (C=O) groups excluding carboxylic acids is 1. The number of carbonyl (C=O) groups is 1. The normalized spacial score (nSPS) is 41.5. The van der Waals surface area contributed by atoms with E-state index in [9.17, 15) is 4.79 Å². The number of nitrogens with zero attached hydrogens (tertiary/aromatic N) is 1. The Bertz CT molecular complexity index is 678. The summed E-state index contributed by atoms with van der Waals surface area (Å²) in [7, 11) is 0. The van der Waals surface area contributed by atoms with Crippen molar-refractivity contribution in [2.24, 2.45) is 28.6 Å². The highest BCUT2D eigenvalue weighted by Crippen LogP contribution is 2.64. The SMILES string of the molecule is CC[C@@]1(C)C(=O)CC[C@@H]2[C@@H]1CC[C@]1(C)C(c3cccnc3)=CC[C@@H]21. The summed E-state index contributed by atoms with van der Waals surface area (Å²) in [6, 6.07) is 4.25. The number of allylic oxidation sites excluding steroid dienone is 2. The molecule has 2 saturated carbocycles. The molecule has 0 aliphatic heterocycles. The Hall–Kier alpha value is -1.44. The summed E-state index contributed by atoms with van der Waals surface area (Å²) in [6.07, 6.45) is 12.8. The molecular weight excluding hydrogens is 294 g/mol. The van der Waals surface area contributed by atoms with Gasteiger partial charge in [-0.15, -0.1) is 0 Å². The zero-order valence-electron chi connectivity index (χ0n) is 15.2. The Balaban J connectivity index is 1.67. The van der Waals surface area contributed by atoms with Crippen LogP contribution < -0.4 is 0 Å². The van der Waals surface area contributed by atoms with Gasteiger partial charge in [0.25, 0.3) is 0 Å². The van der Waals surface area contributed by atoms with E-state index in [2.05, 4.69) is 37.9 Å². The van der Waals surface area contributed by atoms with E-state index in [1.807, 2.05) is 18.5 Å². The average molecular weight is 323 g/mol. The molecule has 128 valence electrons. The largest absolute Gasteiger partial charge is 0.299 e. The van der Waals surface area contributed by atoms with Crippen molar-refractivity contribution in [2.45, 2.75) is 59.3 Å². The molecule has 0 unspecified atom stereocenters. The maximum Gasteiger partial charge on any atom is 0.139 e. The molecule has 0 saturated heterocycles. The Morgan fingerprint density at radius 2 is 2.08 bits per heavy atom. The monoisotopic (exact) mass is 323 g/mol. The molecule has 1 aromatic heterocycles. The quantitative estimate of drug-likeness (QED) is 0.739. The molecule has 3 aliphatic carbocycles. The first kappa shape index (κ1) is 16.1. The van der Waals surface area contributed by atoms with E-state index in [1.54, 1.807) is 0 Å². The lowest BCUT2D eigenvalue weighted by atomic mass is 9.48. The highest BCUT2D eigenvalue weighted by atomic mass is 16.1. The number of Topliss-reactive ketones (excluding diaryl/α,β-unsaturated/α-hetero) is 1. The van der Waals surface area contributed by atoms with E-state index in [4.69, 9.17) is 0 Å². The van der Waals surface area contributed by atoms with Gasteiger partial charge in [0.2, 0.25) is 0 Å². The topological polar surface area (TPSA) is 30.0 Å². The van der Waals surface area contributed by atoms with Gasteiger partial charge in [0.15, 0.2) is 0 Å². The minimum atomic E-state index is -0.0820. The molecule has 1 heterocycles. The average Bonchev–Trinajstić information content (AvgIpc) is 2.96. The second-order valence-corrected chi connectivity index (χ2v) is 8.66. The number of rotatable bonds is 2. The number of hydrogen-bond donors (Lipinski definition) is 0. The summed E-state index contributed by atoms with van der Waals surface area (Å²) >= 11 is 0. The second kappa shape index (κ2) is 5.54. The van der Waals surface area contributed by atoms with Crippen LogP contribution in [0, 0.1) is 28.6 Å². The molecule has 4 rings (SSSR count). The fourth-order valence-corrected chi connectivity index (χ4v) is 6.27. The van der Waals surface area contributed by atoms with E-state index >= 15 is 0 Å². The minimum absolute atomic E-state index is 0.0820. The maximum atomic E-state index is 12.6. The third-order valence-corrected chi connectivity index (χ3v) is 7.89. The Morgan fingerprint density at radius 1 is 1.25 bits per heavy atom. The summed E-state index contributed by atoms with van der Waals surface area (Å²) in [5.74, 6) is 2.51. The van der Waals surface area contributed by atoms with E-state index in [1.165, 1.54) is 30.4 Å². The molecule has 0 aromatic carbocycles. The molecule has 2 fully saturated rings. The predicted molar refractivity (Wildman–Crippen MR) is 97.3 cm³/mol. The molecule has 0 amide bonds. The summed E-state index contributed by atoms with van der Waals surface area (Å²) in [5.41, 5.74) is 2.99. The van der Waals surface area contributed by atoms with Gasteiger partial charge in [-0.05, 0) is 72.5 Å². The van der Waals surface area contributed by atoms with Crippen LogP contribution in [0.5, 0.6) is 0 Å². The first-order valence-corrected chi connectivity index (χ1v) is 9.65. The third-order valence-electron chi connectivity index (χ3n) is 7.89. The second-order valence-electron chi connectivity index (χ2n) is 8.66. The zero-order valence-corrected chi connectivity index (χ0v) is 15.2. The highest BCUT2D eigenvalue weighted by molar-refractivity contribution is 5.85. The van der Waals surface area contributed by atoms with E-state index < -0.39 is 0 Å². The van der Waals surface area contributed by atoms with Crippen LogP contribution in [0.2, 0.25) is 0 Å². The van der Waals surface area contributed by atoms with Crippen molar-refractivity contribution in [1.82, 2.24) is 4.98 Å². The van der Waals surface area contributed by atoms with Gasteiger partial charge in [-0.3, -0.25) is 9.78 Å². The van der Waals surface area contributed by atoms with Crippen LogP contribution in [0.3, 0.4) is 0 Å². The van der Waals surface area contributed by atoms with Crippen LogP contribution in [0.4, 0.5) is 0 Å². The van der Waals surface area contributed by atoms with Gasteiger partial charge < -0.3 is 0 Å². The lowest BCUT2D eigenvalue weighted by Crippen LogP contribution is -2.51. The zero-order chi connectivity index (χ0) is 16.9. The molecule has 5 atom stereocenters. The van der Waals surface area contributed by atoms with Gasteiger partial charge in [-0.1, -0.05) is 32.9 Å². The Kier molecular flexibility index (Phi) is 3.71. The van der Waals surface area contributed by atoms with E-state index in [0.717, 1.165) is 19.3 Å². The molecule has 24 heavy (non-hydrogen) atoms. The molecule has 0 bridgehead atoms. The summed E-state index contributed by atoms with van der Waals surface area (Å²) in [4.78, 5) is 17.0. The van der Waals surface area contributed by atoms with Gasteiger partial charge in [-0.2, -0.15) is 0 Å². The lowest BCUT2D eigenvalue weighted by Gasteiger charge is -2.55. The fourth-order valence-electron chi connectivity index (χ4n) is 6.27. The van der Waals surface area contributed by atoms with Crippen LogP contribution in [0.1, 0.15) is 64.9 Å². The van der Waals surface area contributed by atoms with Gasteiger partial charge in [0.1, 0.15) is 5.78 Å². The molecule has 2 nitrogen and oxygen atoms in total. The molecule has 2 heteroatoms.